The Balaban J connectivity index is 0.00000324. The Bertz CT molecular complexity index is 2450. The van der Waals surface area contributed by atoms with Gasteiger partial charge in [-0.25, -0.2) is 26.1 Å². The Morgan fingerprint density at radius 3 is 2.02 bits per heavy atom. The molecule has 6 aromatic carbocycles. The molecule has 1 aliphatic carbocycles. The number of aromatic nitrogens is 3. The molecule has 8 aromatic rings. The zero-order valence-corrected chi connectivity index (χ0v) is 30.0. The van der Waals surface area contributed by atoms with Crippen LogP contribution in [0.15, 0.2) is 132 Å². The van der Waals surface area contributed by atoms with Crippen LogP contribution in [-0.2, 0) is 5.41 Å². The van der Waals surface area contributed by atoms with Crippen LogP contribution in [0.4, 0.5) is 0 Å². The van der Waals surface area contributed by atoms with Gasteiger partial charge in [-0.2, -0.15) is 36.4 Å². The van der Waals surface area contributed by atoms with Gasteiger partial charge in [0.25, 0.3) is 0 Å². The molecule has 0 saturated carbocycles. The summed E-state index contributed by atoms with van der Waals surface area (Å²) in [6.45, 7) is 4.58. The van der Waals surface area contributed by atoms with Crippen molar-refractivity contribution in [2.24, 2.45) is 0 Å². The normalized spacial score (nSPS) is 12.9. The van der Waals surface area contributed by atoms with Crippen molar-refractivity contribution < 1.29 is 35.5 Å². The molecule has 0 radical (unpaired) electrons. The average Bonchev–Trinajstić information content (AvgIpc) is 3.60. The van der Waals surface area contributed by atoms with Crippen molar-refractivity contribution in [3.8, 4) is 56.4 Å². The summed E-state index contributed by atoms with van der Waals surface area (Å²) in [6, 6.07) is 50.2. The van der Waals surface area contributed by atoms with Crippen molar-refractivity contribution in [3.63, 3.8) is 0 Å². The minimum absolute atomic E-state index is 0. The second-order valence-corrected chi connectivity index (χ2v) is 12.3. The van der Waals surface area contributed by atoms with Crippen molar-refractivity contribution in [1.29, 1.82) is 0 Å². The van der Waals surface area contributed by atoms with Crippen LogP contribution < -0.4 is 0 Å². The molecule has 0 saturated heterocycles. The molecule has 0 unspecified atom stereocenters. The summed E-state index contributed by atoms with van der Waals surface area (Å²) in [5, 5.41) is 2.11. The van der Waals surface area contributed by atoms with E-state index in [1.807, 2.05) is 78.9 Å². The minimum atomic E-state index is -0.217. The summed E-state index contributed by atoms with van der Waals surface area (Å²) in [7, 11) is 0. The summed E-state index contributed by atoms with van der Waals surface area (Å²) in [5.41, 5.74) is 11.4. The number of rotatable bonds is 4. The molecule has 0 amide bonds. The monoisotopic (exact) mass is 827 g/mol. The summed E-state index contributed by atoms with van der Waals surface area (Å²) < 4.78 is 6.10. The van der Waals surface area contributed by atoms with Gasteiger partial charge in [0.2, 0.25) is 0 Å². The minimum Gasteiger partial charge on any atom is -0.456 e. The van der Waals surface area contributed by atoms with Crippen molar-refractivity contribution in [3.05, 3.63) is 151 Å². The predicted octanol–water partition coefficient (Wildman–Crippen LogP) is 10.3. The number of nitrogens with zero attached hydrogens (tertiary/aromatic N) is 3. The van der Waals surface area contributed by atoms with Crippen LogP contribution in [-0.4, -0.2) is 15.0 Å². The van der Waals surface area contributed by atoms with Gasteiger partial charge in [0.1, 0.15) is 11.2 Å². The molecule has 9 rings (SSSR count). The first-order valence-corrected chi connectivity index (χ1v) is 15.5. The maximum atomic E-state index is 6.10. The summed E-state index contributed by atoms with van der Waals surface area (Å²) in [4.78, 5) is 15.1. The molecule has 5 heteroatoms. The van der Waals surface area contributed by atoms with E-state index in [1.54, 1.807) is 0 Å². The smallest absolute Gasteiger partial charge is 0.456 e. The fraction of sp³-hybridized carbons (Fsp3) is 0.0714. The molecule has 0 fully saturated rings. The second-order valence-electron chi connectivity index (χ2n) is 12.3. The van der Waals surface area contributed by atoms with E-state index in [9.17, 15) is 0 Å². The molecule has 2 heterocycles. The number of furan rings is 1. The van der Waals surface area contributed by atoms with E-state index in [2.05, 4.69) is 74.5 Å². The molecule has 1 aliphatic rings. The zero-order chi connectivity index (χ0) is 30.8. The molecular formula is C42H27N3OU. The molecule has 4 nitrogen and oxygen atoms in total. The van der Waals surface area contributed by atoms with Gasteiger partial charge in [-0.15, -0.1) is 23.3 Å². The van der Waals surface area contributed by atoms with Crippen LogP contribution in [0.5, 0.6) is 0 Å². The molecule has 0 bridgehead atoms. The summed E-state index contributed by atoms with van der Waals surface area (Å²) in [6.07, 6.45) is 0. The molecular weight excluding hydrogens is 801 g/mol. The predicted molar refractivity (Wildman–Crippen MR) is 184 cm³/mol. The molecule has 0 spiro atoms. The van der Waals surface area contributed by atoms with Crippen molar-refractivity contribution in [1.82, 2.24) is 15.0 Å². The first kappa shape index (κ1) is 29.6. The van der Waals surface area contributed by atoms with E-state index in [-0.39, 0.29) is 36.5 Å². The van der Waals surface area contributed by atoms with Crippen LogP contribution in [0.2, 0.25) is 0 Å². The van der Waals surface area contributed by atoms with Crippen LogP contribution in [0, 0.1) is 43.2 Å². The topological polar surface area (TPSA) is 51.8 Å². The first-order valence-electron chi connectivity index (χ1n) is 15.5. The van der Waals surface area contributed by atoms with Crippen LogP contribution in [0.3, 0.4) is 0 Å². The fourth-order valence-corrected chi connectivity index (χ4v) is 6.84. The Labute approximate surface area is 297 Å². The van der Waals surface area contributed by atoms with Gasteiger partial charge in [-0.05, 0) is 41.3 Å². The number of fused-ring (bicyclic) bond motifs is 6. The third-order valence-electron chi connectivity index (χ3n) is 9.17. The number of hydrogen-bond donors (Lipinski definition) is 0. The third-order valence-corrected chi connectivity index (χ3v) is 9.17. The van der Waals surface area contributed by atoms with E-state index in [0.29, 0.717) is 17.5 Å². The van der Waals surface area contributed by atoms with Gasteiger partial charge >= 0.3 is 31.1 Å². The van der Waals surface area contributed by atoms with Crippen LogP contribution in [0.25, 0.3) is 78.4 Å². The van der Waals surface area contributed by atoms with E-state index < -0.39 is 0 Å². The number of hydrogen-bond acceptors (Lipinski definition) is 4. The molecule has 2 aromatic heterocycles. The molecule has 0 aliphatic heterocycles. The van der Waals surface area contributed by atoms with Gasteiger partial charge in [0.05, 0.1) is 0 Å². The Hall–Kier alpha value is -4.82. The molecule has 47 heavy (non-hydrogen) atoms. The van der Waals surface area contributed by atoms with E-state index in [1.165, 1.54) is 22.3 Å². The largest absolute Gasteiger partial charge is 2.00 e. The summed E-state index contributed by atoms with van der Waals surface area (Å²) in [5.74, 6) is 1.90. The maximum Gasteiger partial charge on any atom is 2.00 e. The standard InChI is InChI=1S/C42H27N3O.U/c1-42(2)34-18-11-17-30(26-12-5-3-6-13-26)38(34)32-22-20-29(25-35(32)42)41-44-39(27-14-7-4-8-15-27)43-40(45-41)28-21-23-37-33(24-28)31-16-9-10-19-36(31)46-37;/h3-12,14-16,18-25H,1-2H3;/q-2;+2. The SMILES string of the molecule is CC1(C)c2cc(-c3nc(-c4ccccc4)nc(-c4ccc5oc6ccccc6c5c4)n3)ccc2-c2c(-c3[c-]cccc3)[c-]ccc21.[U+2]. The molecule has 0 atom stereocenters. The Morgan fingerprint density at radius 1 is 0.553 bits per heavy atom. The van der Waals surface area contributed by atoms with Crippen LogP contribution >= 0.6 is 0 Å². The number of para-hydroxylation sites is 1. The van der Waals surface area contributed by atoms with Crippen LogP contribution in [0.1, 0.15) is 25.0 Å². The van der Waals surface area contributed by atoms with Gasteiger partial charge in [-0.1, -0.05) is 80.1 Å². The van der Waals surface area contributed by atoms with Crippen molar-refractivity contribution >= 4 is 21.9 Å². The van der Waals surface area contributed by atoms with Gasteiger partial charge in [0.15, 0.2) is 17.5 Å². The summed E-state index contributed by atoms with van der Waals surface area (Å²) >= 11 is 0. The van der Waals surface area contributed by atoms with Gasteiger partial charge < -0.3 is 4.42 Å². The van der Waals surface area contributed by atoms with E-state index in [4.69, 9.17) is 19.4 Å². The van der Waals surface area contributed by atoms with Gasteiger partial charge in [-0.3, -0.25) is 0 Å². The van der Waals surface area contributed by atoms with Gasteiger partial charge in [0, 0.05) is 27.5 Å². The quantitative estimate of drug-likeness (QED) is 0.166. The van der Waals surface area contributed by atoms with Crippen molar-refractivity contribution in [2.75, 3.05) is 0 Å². The Morgan fingerprint density at radius 2 is 1.23 bits per heavy atom. The maximum absolute atomic E-state index is 6.10. The second kappa shape index (κ2) is 11.5. The Kier molecular flexibility index (Phi) is 7.21. The van der Waals surface area contributed by atoms with E-state index >= 15 is 0 Å². The average molecular weight is 828 g/mol. The fourth-order valence-electron chi connectivity index (χ4n) is 6.84. The molecule has 220 valence electrons. The third kappa shape index (κ3) is 4.85. The van der Waals surface area contributed by atoms with Crippen molar-refractivity contribution in [2.45, 2.75) is 19.3 Å². The first-order chi connectivity index (χ1) is 22.5. The number of benzene rings is 6. The van der Waals surface area contributed by atoms with E-state index in [0.717, 1.165) is 49.8 Å². The molecule has 0 N–H and O–H groups in total. The zero-order valence-electron chi connectivity index (χ0n) is 25.9.